The number of rotatable bonds is 12. The van der Waals surface area contributed by atoms with E-state index in [1.807, 2.05) is 0 Å². The first-order valence-electron chi connectivity index (χ1n) is 11.9. The lowest BCUT2D eigenvalue weighted by atomic mass is 9.93. The average Bonchev–Trinajstić information content (AvgIpc) is 2.89. The van der Waals surface area contributed by atoms with Crippen LogP contribution < -0.4 is 26.0 Å². The van der Waals surface area contributed by atoms with Crippen LogP contribution in [0.5, 0.6) is 11.8 Å². The second-order valence-electron chi connectivity index (χ2n) is 9.40. The summed E-state index contributed by atoms with van der Waals surface area (Å²) >= 11 is 0. The van der Waals surface area contributed by atoms with Crippen LogP contribution in [0, 0.1) is 5.41 Å². The summed E-state index contributed by atoms with van der Waals surface area (Å²) in [5.41, 5.74) is 0.989. The van der Waals surface area contributed by atoms with Gasteiger partial charge in [-0.2, -0.15) is 28.1 Å². The van der Waals surface area contributed by atoms with Crippen molar-refractivity contribution in [2.75, 3.05) is 30.3 Å². The lowest BCUT2D eigenvalue weighted by Crippen LogP contribution is -2.41. The van der Waals surface area contributed by atoms with Crippen LogP contribution in [-0.4, -0.2) is 63.0 Å². The van der Waals surface area contributed by atoms with Crippen LogP contribution in [0.2, 0.25) is 0 Å². The Morgan fingerprint density at radius 1 is 0.900 bits per heavy atom. The highest BCUT2D eigenvalue weighted by molar-refractivity contribution is 5.94. The molecular formula is C25H28F3N7O5. The van der Waals surface area contributed by atoms with Gasteiger partial charge in [-0.25, -0.2) is 4.79 Å². The molecule has 0 aliphatic heterocycles. The maximum absolute atomic E-state index is 12.7. The molecule has 3 aromatic rings. The third-order valence-corrected chi connectivity index (χ3v) is 5.22. The molecule has 1 heterocycles. The summed E-state index contributed by atoms with van der Waals surface area (Å²) in [7, 11) is 0. The summed E-state index contributed by atoms with van der Waals surface area (Å²) in [6.07, 6.45) is -5.75. The van der Waals surface area contributed by atoms with Crippen LogP contribution in [0.3, 0.4) is 0 Å². The van der Waals surface area contributed by atoms with E-state index in [4.69, 9.17) is 9.84 Å². The summed E-state index contributed by atoms with van der Waals surface area (Å²) in [6, 6.07) is 11.8. The molecule has 6 N–H and O–H groups in total. The van der Waals surface area contributed by atoms with Gasteiger partial charge in [-0.15, -0.1) is 0 Å². The maximum atomic E-state index is 12.7. The molecule has 0 radical (unpaired) electrons. The minimum atomic E-state index is -4.60. The lowest BCUT2D eigenvalue weighted by molar-refractivity contribution is -0.154. The zero-order chi connectivity index (χ0) is 29.3. The molecule has 12 nitrogen and oxygen atoms in total. The van der Waals surface area contributed by atoms with E-state index >= 15 is 0 Å². The number of nitrogens with zero attached hydrogens (tertiary/aromatic N) is 3. The number of ether oxygens (including phenoxy) is 1. The van der Waals surface area contributed by atoms with Gasteiger partial charge in [-0.05, 0) is 47.4 Å². The summed E-state index contributed by atoms with van der Waals surface area (Å²) in [5, 5.41) is 28.9. The Bertz CT molecular complexity index is 1300. The van der Waals surface area contributed by atoms with E-state index in [-0.39, 0.29) is 43.2 Å². The largest absolute Gasteiger partial charge is 0.508 e. The number of carboxylic acid groups (broad SMARTS) is 1. The van der Waals surface area contributed by atoms with E-state index in [0.717, 1.165) is 5.56 Å². The van der Waals surface area contributed by atoms with Crippen molar-refractivity contribution in [3.63, 3.8) is 0 Å². The highest BCUT2D eigenvalue weighted by Crippen LogP contribution is 2.21. The van der Waals surface area contributed by atoms with Crippen LogP contribution in [0.25, 0.3) is 0 Å². The van der Waals surface area contributed by atoms with Crippen molar-refractivity contribution in [2.24, 2.45) is 5.41 Å². The first-order valence-corrected chi connectivity index (χ1v) is 11.9. The fourth-order valence-corrected chi connectivity index (χ4v) is 3.13. The number of benzene rings is 2. The van der Waals surface area contributed by atoms with Crippen LogP contribution >= 0.6 is 0 Å². The molecule has 0 bridgehead atoms. The zero-order valence-electron chi connectivity index (χ0n) is 21.5. The molecule has 0 saturated heterocycles. The molecule has 0 atom stereocenters. The summed E-state index contributed by atoms with van der Waals surface area (Å²) in [5.74, 6) is -0.457. The number of nitrogens with one attached hydrogen (secondary N) is 4. The molecule has 15 heteroatoms. The van der Waals surface area contributed by atoms with Gasteiger partial charge < -0.3 is 36.2 Å². The van der Waals surface area contributed by atoms with Gasteiger partial charge in [-0.1, -0.05) is 26.0 Å². The number of aromatic hydroxyl groups is 1. The number of amides is 2. The Morgan fingerprint density at radius 3 is 2.15 bits per heavy atom. The van der Waals surface area contributed by atoms with Crippen LogP contribution in [0.4, 0.5) is 35.5 Å². The zero-order valence-corrected chi connectivity index (χ0v) is 21.5. The van der Waals surface area contributed by atoms with Crippen molar-refractivity contribution in [1.29, 1.82) is 0 Å². The molecule has 0 spiro atoms. The second kappa shape index (κ2) is 12.8. The standard InChI is InChI=1S/C25H28F3N7O5/c1-24(2,13-31-23(38)39)12-30-19(37)16-5-7-17(8-6-16)32-21-33-20(29-11-15-3-9-18(36)10-4-15)34-22(35-21)40-14-25(26,27)28/h3-10,31,36H,11-14H2,1-2H3,(H,30,37)(H,38,39)(H2,29,32,33,34,35). The highest BCUT2D eigenvalue weighted by atomic mass is 19.4. The summed E-state index contributed by atoms with van der Waals surface area (Å²) in [6.45, 7) is 2.57. The third kappa shape index (κ3) is 10.2. The minimum Gasteiger partial charge on any atom is -0.508 e. The molecule has 0 saturated carbocycles. The predicted molar refractivity (Wildman–Crippen MR) is 139 cm³/mol. The van der Waals surface area contributed by atoms with Gasteiger partial charge in [0, 0.05) is 30.9 Å². The van der Waals surface area contributed by atoms with Gasteiger partial charge in [0.15, 0.2) is 6.61 Å². The van der Waals surface area contributed by atoms with E-state index in [1.165, 1.54) is 24.3 Å². The van der Waals surface area contributed by atoms with Crippen molar-refractivity contribution in [3.05, 3.63) is 59.7 Å². The van der Waals surface area contributed by atoms with Crippen molar-refractivity contribution < 1.29 is 37.7 Å². The van der Waals surface area contributed by atoms with Crippen LogP contribution in [0.15, 0.2) is 48.5 Å². The van der Waals surface area contributed by atoms with E-state index in [0.29, 0.717) is 11.3 Å². The number of carbonyl (C=O) groups is 2. The van der Waals surface area contributed by atoms with Gasteiger partial charge in [-0.3, -0.25) is 4.79 Å². The lowest BCUT2D eigenvalue weighted by Gasteiger charge is -2.24. The quantitative estimate of drug-likeness (QED) is 0.190. The van der Waals surface area contributed by atoms with Crippen molar-refractivity contribution in [1.82, 2.24) is 25.6 Å². The van der Waals surface area contributed by atoms with Gasteiger partial charge in [0.2, 0.25) is 11.9 Å². The predicted octanol–water partition coefficient (Wildman–Crippen LogP) is 3.90. The topological polar surface area (TPSA) is 171 Å². The molecule has 214 valence electrons. The number of phenolic OH excluding ortho intramolecular Hbond substituents is 1. The Labute approximate surface area is 227 Å². The van der Waals surface area contributed by atoms with E-state index < -0.39 is 30.3 Å². The van der Waals surface area contributed by atoms with Gasteiger partial charge in [0.1, 0.15) is 5.75 Å². The molecule has 2 amide bonds. The number of phenols is 1. The molecular weight excluding hydrogens is 535 g/mol. The number of hydrogen-bond donors (Lipinski definition) is 6. The number of hydrogen-bond acceptors (Lipinski definition) is 9. The van der Waals surface area contributed by atoms with Crippen molar-refractivity contribution in [3.8, 4) is 11.8 Å². The minimum absolute atomic E-state index is 0.0567. The number of aromatic nitrogens is 3. The maximum Gasteiger partial charge on any atom is 0.422 e. The monoisotopic (exact) mass is 563 g/mol. The number of carbonyl (C=O) groups excluding carboxylic acids is 1. The first kappa shape index (κ1) is 29.7. The third-order valence-electron chi connectivity index (χ3n) is 5.22. The Kier molecular flexibility index (Phi) is 9.53. The molecule has 0 aliphatic carbocycles. The number of anilines is 3. The SMILES string of the molecule is CC(C)(CNC(=O)O)CNC(=O)c1ccc(Nc2nc(NCc3ccc(O)cc3)nc(OCC(F)(F)F)n2)cc1. The highest BCUT2D eigenvalue weighted by Gasteiger charge is 2.29. The Balaban J connectivity index is 1.68. The normalized spacial score (nSPS) is 11.4. The van der Waals surface area contributed by atoms with E-state index in [1.54, 1.807) is 38.1 Å². The summed E-state index contributed by atoms with van der Waals surface area (Å²) in [4.78, 5) is 35.1. The number of halogens is 3. The van der Waals surface area contributed by atoms with E-state index in [9.17, 15) is 27.9 Å². The molecule has 1 aromatic heterocycles. The fourth-order valence-electron chi connectivity index (χ4n) is 3.13. The summed E-state index contributed by atoms with van der Waals surface area (Å²) < 4.78 is 42.7. The molecule has 3 rings (SSSR count). The molecule has 0 unspecified atom stereocenters. The van der Waals surface area contributed by atoms with Crippen molar-refractivity contribution >= 4 is 29.6 Å². The Hall–Kier alpha value is -4.82. The number of alkyl halides is 3. The molecule has 40 heavy (non-hydrogen) atoms. The second-order valence-corrected chi connectivity index (χ2v) is 9.40. The first-order chi connectivity index (χ1) is 18.8. The smallest absolute Gasteiger partial charge is 0.422 e. The molecule has 0 fully saturated rings. The van der Waals surface area contributed by atoms with Crippen LogP contribution in [-0.2, 0) is 6.54 Å². The average molecular weight is 564 g/mol. The van der Waals surface area contributed by atoms with Crippen LogP contribution in [0.1, 0.15) is 29.8 Å². The fraction of sp³-hybridized carbons (Fsp3) is 0.320. The van der Waals surface area contributed by atoms with Gasteiger partial charge in [0.05, 0.1) is 0 Å². The van der Waals surface area contributed by atoms with Gasteiger partial charge in [0.25, 0.3) is 5.91 Å². The molecule has 2 aromatic carbocycles. The van der Waals surface area contributed by atoms with Gasteiger partial charge >= 0.3 is 18.3 Å². The Morgan fingerprint density at radius 2 is 1.52 bits per heavy atom. The van der Waals surface area contributed by atoms with E-state index in [2.05, 4.69) is 36.2 Å². The molecule has 0 aliphatic rings. The van der Waals surface area contributed by atoms with Crippen molar-refractivity contribution in [2.45, 2.75) is 26.6 Å².